The standard InChI is InChI=1S/C35H62NO12P/c1-3-5-7-9-11-13-15-17-19-21-23-28(38)27(36-29(39)24-26(37)22-20-18-16-14-12-10-8-6-4-2)25-47-49(45,46)48-35-33(43)31(41)30(40)32(42)34(35)44/h5,7,10,12-13,15,21,23,26-28,30-35,37-38,40-44H,3-4,6,8-9,11,14,16-20,22,24-25H2,1-2H3,(H,36,39)(H,45,46)/b7-5+,12-10-,15-13+,23-21+. The fraction of sp³-hybridized carbons (Fsp3) is 0.743. The maximum absolute atomic E-state index is 12.8. The second-order valence-electron chi connectivity index (χ2n) is 12.5. The van der Waals surface area contributed by atoms with Crippen molar-refractivity contribution in [1.82, 2.24) is 5.32 Å². The zero-order valence-corrected chi connectivity index (χ0v) is 30.0. The third-order valence-corrected chi connectivity index (χ3v) is 9.11. The van der Waals surface area contributed by atoms with E-state index >= 15 is 0 Å². The Morgan fingerprint density at radius 2 is 1.27 bits per heavy atom. The molecule has 1 amide bonds. The molecule has 0 aromatic carbocycles. The molecule has 8 atom stereocenters. The highest BCUT2D eigenvalue weighted by Gasteiger charge is 2.51. The number of rotatable bonds is 26. The molecule has 49 heavy (non-hydrogen) atoms. The van der Waals surface area contributed by atoms with Crippen LogP contribution in [0.4, 0.5) is 0 Å². The van der Waals surface area contributed by atoms with Crippen LogP contribution < -0.4 is 5.32 Å². The van der Waals surface area contributed by atoms with E-state index in [1.165, 1.54) is 12.5 Å². The Balaban J connectivity index is 2.76. The van der Waals surface area contributed by atoms with E-state index in [9.17, 15) is 50.0 Å². The van der Waals surface area contributed by atoms with Crippen molar-refractivity contribution in [2.45, 2.75) is 159 Å². The number of aliphatic hydroxyl groups is 7. The van der Waals surface area contributed by atoms with Crippen LogP contribution in [-0.4, -0.2) is 108 Å². The molecule has 1 fully saturated rings. The van der Waals surface area contributed by atoms with E-state index in [0.717, 1.165) is 57.8 Å². The summed E-state index contributed by atoms with van der Waals surface area (Å²) >= 11 is 0. The van der Waals surface area contributed by atoms with E-state index in [0.29, 0.717) is 19.3 Å². The average Bonchev–Trinajstić information content (AvgIpc) is 3.06. The van der Waals surface area contributed by atoms with Gasteiger partial charge in [0.1, 0.15) is 36.6 Å². The summed E-state index contributed by atoms with van der Waals surface area (Å²) < 4.78 is 22.6. The molecule has 1 saturated carbocycles. The monoisotopic (exact) mass is 719 g/mol. The van der Waals surface area contributed by atoms with Gasteiger partial charge in [0.15, 0.2) is 0 Å². The van der Waals surface area contributed by atoms with Gasteiger partial charge in [-0.15, -0.1) is 0 Å². The van der Waals surface area contributed by atoms with Gasteiger partial charge in [-0.3, -0.25) is 13.8 Å². The van der Waals surface area contributed by atoms with Crippen LogP contribution in [0.25, 0.3) is 0 Å². The van der Waals surface area contributed by atoms with Crippen molar-refractivity contribution in [2.75, 3.05) is 6.61 Å². The maximum Gasteiger partial charge on any atom is 0.472 e. The van der Waals surface area contributed by atoms with Gasteiger partial charge in [-0.25, -0.2) is 4.57 Å². The Morgan fingerprint density at radius 1 is 0.735 bits per heavy atom. The molecule has 14 heteroatoms. The summed E-state index contributed by atoms with van der Waals surface area (Å²) in [6.07, 6.45) is 12.6. The summed E-state index contributed by atoms with van der Waals surface area (Å²) in [4.78, 5) is 23.1. The summed E-state index contributed by atoms with van der Waals surface area (Å²) in [5, 5.41) is 73.7. The van der Waals surface area contributed by atoms with Crippen LogP contribution in [0.3, 0.4) is 0 Å². The first-order valence-electron chi connectivity index (χ1n) is 17.7. The number of aliphatic hydroxyl groups excluding tert-OH is 7. The molecule has 1 rings (SSSR count). The summed E-state index contributed by atoms with van der Waals surface area (Å²) in [7, 11) is -5.14. The molecule has 0 spiro atoms. The second kappa shape index (κ2) is 26.1. The largest absolute Gasteiger partial charge is 0.472 e. The summed E-state index contributed by atoms with van der Waals surface area (Å²) in [6, 6.07) is -1.26. The first-order chi connectivity index (χ1) is 23.3. The lowest BCUT2D eigenvalue weighted by Crippen LogP contribution is -2.64. The highest BCUT2D eigenvalue weighted by atomic mass is 31.2. The zero-order valence-electron chi connectivity index (χ0n) is 29.1. The van der Waals surface area contributed by atoms with Crippen LogP contribution in [0, 0.1) is 0 Å². The van der Waals surface area contributed by atoms with Crippen molar-refractivity contribution in [3.63, 3.8) is 0 Å². The third-order valence-electron chi connectivity index (χ3n) is 8.13. The number of hydrogen-bond acceptors (Lipinski definition) is 11. The molecule has 8 unspecified atom stereocenters. The highest BCUT2D eigenvalue weighted by molar-refractivity contribution is 7.47. The lowest BCUT2D eigenvalue weighted by atomic mass is 9.85. The first kappa shape index (κ1) is 45.3. The highest BCUT2D eigenvalue weighted by Crippen LogP contribution is 2.47. The first-order valence-corrected chi connectivity index (χ1v) is 19.2. The van der Waals surface area contributed by atoms with Crippen LogP contribution >= 0.6 is 7.82 Å². The molecule has 0 saturated heterocycles. The second-order valence-corrected chi connectivity index (χ2v) is 13.9. The quantitative estimate of drug-likeness (QED) is 0.0357. The predicted octanol–water partition coefficient (Wildman–Crippen LogP) is 3.24. The van der Waals surface area contributed by atoms with E-state index in [1.807, 2.05) is 6.08 Å². The van der Waals surface area contributed by atoms with Crippen molar-refractivity contribution in [3.8, 4) is 0 Å². The minimum Gasteiger partial charge on any atom is -0.393 e. The molecule has 0 bridgehead atoms. The fourth-order valence-electron chi connectivity index (χ4n) is 5.14. The minimum absolute atomic E-state index is 0.270. The van der Waals surface area contributed by atoms with Gasteiger partial charge in [0, 0.05) is 0 Å². The van der Waals surface area contributed by atoms with Crippen LogP contribution in [-0.2, 0) is 18.4 Å². The van der Waals surface area contributed by atoms with Gasteiger partial charge in [0.25, 0.3) is 0 Å². The van der Waals surface area contributed by atoms with E-state index in [-0.39, 0.29) is 6.42 Å². The maximum atomic E-state index is 12.8. The van der Waals surface area contributed by atoms with Crippen molar-refractivity contribution in [3.05, 3.63) is 48.6 Å². The average molecular weight is 720 g/mol. The van der Waals surface area contributed by atoms with Crippen LogP contribution in [0.2, 0.25) is 0 Å². The third kappa shape index (κ3) is 19.4. The predicted molar refractivity (Wildman–Crippen MR) is 187 cm³/mol. The molecule has 13 nitrogen and oxygen atoms in total. The molecule has 0 aliphatic heterocycles. The van der Waals surface area contributed by atoms with Crippen LogP contribution in [0.1, 0.15) is 104 Å². The molecule has 1 aliphatic rings. The Bertz CT molecular complexity index is 1040. The van der Waals surface area contributed by atoms with Crippen molar-refractivity contribution in [2.24, 2.45) is 0 Å². The molecule has 9 N–H and O–H groups in total. The number of phosphoric acid groups is 1. The molecule has 0 aromatic heterocycles. The summed E-state index contributed by atoms with van der Waals surface area (Å²) in [5.74, 6) is -0.625. The Morgan fingerprint density at radius 3 is 1.86 bits per heavy atom. The number of nitrogens with one attached hydrogen (secondary N) is 1. The summed E-state index contributed by atoms with van der Waals surface area (Å²) in [5.41, 5.74) is 0. The molecule has 0 radical (unpaired) electrons. The van der Waals surface area contributed by atoms with Crippen LogP contribution in [0.5, 0.6) is 0 Å². The number of carbonyl (C=O) groups excluding carboxylic acids is 1. The Labute approximate surface area is 291 Å². The van der Waals surface area contributed by atoms with Crippen molar-refractivity contribution in [1.29, 1.82) is 0 Å². The molecule has 0 heterocycles. The zero-order chi connectivity index (χ0) is 36.7. The number of unbranched alkanes of at least 4 members (excludes halogenated alkanes) is 7. The Kier molecular flexibility index (Phi) is 24.1. The number of allylic oxidation sites excluding steroid dienone is 7. The van der Waals surface area contributed by atoms with E-state index in [1.54, 1.807) is 6.08 Å². The van der Waals surface area contributed by atoms with E-state index in [4.69, 9.17) is 9.05 Å². The number of amides is 1. The molecular formula is C35H62NO12P. The van der Waals surface area contributed by atoms with Gasteiger partial charge in [-0.2, -0.15) is 0 Å². The lowest BCUT2D eigenvalue weighted by molar-refractivity contribution is -0.220. The topological polar surface area (TPSA) is 226 Å². The van der Waals surface area contributed by atoms with Gasteiger partial charge in [0.05, 0.1) is 31.3 Å². The smallest absolute Gasteiger partial charge is 0.393 e. The van der Waals surface area contributed by atoms with Gasteiger partial charge in [-0.05, 0) is 57.8 Å². The van der Waals surface area contributed by atoms with Gasteiger partial charge < -0.3 is 46.0 Å². The SMILES string of the molecule is CC/C=C/CC/C=C/CC/C=C/C(O)C(COP(=O)(O)OC1C(O)C(O)C(O)C(O)C1O)NC(=O)CC(O)CCCCC/C=C\CCCC. The Hall–Kier alpha value is -1.74. The molecule has 1 aliphatic carbocycles. The number of hydrogen-bond donors (Lipinski definition) is 9. The van der Waals surface area contributed by atoms with Crippen LogP contribution in [0.15, 0.2) is 48.6 Å². The summed E-state index contributed by atoms with van der Waals surface area (Å²) in [6.45, 7) is 3.47. The number of carbonyl (C=O) groups is 1. The van der Waals surface area contributed by atoms with Gasteiger partial charge in [0.2, 0.25) is 5.91 Å². The van der Waals surface area contributed by atoms with E-state index in [2.05, 4.69) is 49.5 Å². The van der Waals surface area contributed by atoms with Gasteiger partial charge >= 0.3 is 7.82 Å². The number of phosphoric ester groups is 1. The normalized spacial score (nSPS) is 26.5. The molecule has 284 valence electrons. The molecular weight excluding hydrogens is 657 g/mol. The van der Waals surface area contributed by atoms with Gasteiger partial charge in [-0.1, -0.05) is 88.1 Å². The molecule has 0 aromatic rings. The van der Waals surface area contributed by atoms with Crippen molar-refractivity contribution >= 4 is 13.7 Å². The fourth-order valence-corrected chi connectivity index (χ4v) is 6.11. The van der Waals surface area contributed by atoms with Crippen molar-refractivity contribution < 1.29 is 59.0 Å². The minimum atomic E-state index is -5.14. The van der Waals surface area contributed by atoms with E-state index < -0.39 is 75.2 Å². The lowest BCUT2D eigenvalue weighted by Gasteiger charge is -2.41.